The summed E-state index contributed by atoms with van der Waals surface area (Å²) in [5, 5.41) is 3.46. The Balaban J connectivity index is 2.00. The Bertz CT molecular complexity index is 322. The van der Waals surface area contributed by atoms with Crippen LogP contribution in [-0.2, 0) is 6.42 Å². The van der Waals surface area contributed by atoms with E-state index in [4.69, 9.17) is 9.47 Å². The molecule has 3 nitrogen and oxygen atoms in total. The van der Waals surface area contributed by atoms with E-state index >= 15 is 0 Å². The van der Waals surface area contributed by atoms with Crippen molar-refractivity contribution in [2.24, 2.45) is 0 Å². The van der Waals surface area contributed by atoms with Crippen molar-refractivity contribution in [3.8, 4) is 11.5 Å². The van der Waals surface area contributed by atoms with E-state index in [-0.39, 0.29) is 0 Å². The van der Waals surface area contributed by atoms with Gasteiger partial charge in [-0.05, 0) is 30.9 Å². The molecular weight excluding hydrogens is 202 g/mol. The lowest BCUT2D eigenvalue weighted by Crippen LogP contribution is -2.01. The molecule has 1 N–H and O–H groups in total. The van der Waals surface area contributed by atoms with Crippen LogP contribution in [0.1, 0.15) is 24.8 Å². The van der Waals surface area contributed by atoms with Crippen LogP contribution in [-0.4, -0.2) is 19.8 Å². The van der Waals surface area contributed by atoms with Gasteiger partial charge in [-0.15, -0.1) is 0 Å². The van der Waals surface area contributed by atoms with Crippen molar-refractivity contribution >= 4 is 5.69 Å². The molecule has 0 aliphatic carbocycles. The van der Waals surface area contributed by atoms with E-state index in [2.05, 4.69) is 17.4 Å². The molecule has 0 bridgehead atoms. The number of anilines is 1. The maximum atomic E-state index is 5.70. The highest BCUT2D eigenvalue weighted by Gasteiger charge is 2.15. The first-order valence-corrected chi connectivity index (χ1v) is 6.10. The molecule has 86 valence electrons. The minimum absolute atomic E-state index is 0.756. The van der Waals surface area contributed by atoms with Crippen molar-refractivity contribution in [3.05, 3.63) is 17.7 Å². The van der Waals surface area contributed by atoms with E-state index in [0.717, 1.165) is 44.1 Å². The lowest BCUT2D eigenvalue weighted by atomic mass is 10.1. The number of aryl methyl sites for hydroxylation is 1. The number of ether oxygens (including phenoxy) is 2. The quantitative estimate of drug-likeness (QED) is 0.727. The maximum absolute atomic E-state index is 5.70. The third-order valence-electron chi connectivity index (χ3n) is 3.16. The van der Waals surface area contributed by atoms with Crippen LogP contribution >= 0.6 is 0 Å². The van der Waals surface area contributed by atoms with Crippen molar-refractivity contribution in [2.75, 3.05) is 25.1 Å². The summed E-state index contributed by atoms with van der Waals surface area (Å²) in [5.74, 6) is 1.81. The Morgan fingerprint density at radius 1 is 0.938 bits per heavy atom. The fourth-order valence-corrected chi connectivity index (χ4v) is 2.29. The standard InChI is InChI=1S/C13H17NO2/c1-2-5-14-11-9-13-12(8-10(11)4-1)15-6-3-7-16-13/h8-9,14H,1-7H2. The van der Waals surface area contributed by atoms with Crippen LogP contribution in [0, 0.1) is 0 Å². The molecule has 0 amide bonds. The zero-order chi connectivity index (χ0) is 10.8. The van der Waals surface area contributed by atoms with Crippen LogP contribution in [0.4, 0.5) is 5.69 Å². The summed E-state index contributed by atoms with van der Waals surface area (Å²) in [7, 11) is 0. The molecule has 0 aromatic heterocycles. The Morgan fingerprint density at radius 2 is 1.75 bits per heavy atom. The largest absolute Gasteiger partial charge is 0.490 e. The summed E-state index contributed by atoms with van der Waals surface area (Å²) >= 11 is 0. The van der Waals surface area contributed by atoms with Gasteiger partial charge in [-0.2, -0.15) is 0 Å². The van der Waals surface area contributed by atoms with E-state index in [0.29, 0.717) is 0 Å². The molecule has 2 aliphatic rings. The molecule has 2 heterocycles. The van der Waals surface area contributed by atoms with E-state index in [1.807, 2.05) is 0 Å². The lowest BCUT2D eigenvalue weighted by Gasteiger charge is -2.13. The number of hydrogen-bond donors (Lipinski definition) is 1. The highest BCUT2D eigenvalue weighted by atomic mass is 16.5. The second-order valence-electron chi connectivity index (χ2n) is 4.39. The number of fused-ring (bicyclic) bond motifs is 2. The number of benzene rings is 1. The summed E-state index contributed by atoms with van der Waals surface area (Å²) in [6, 6.07) is 4.25. The van der Waals surface area contributed by atoms with Crippen molar-refractivity contribution in [1.29, 1.82) is 0 Å². The lowest BCUT2D eigenvalue weighted by molar-refractivity contribution is 0.297. The molecule has 0 spiro atoms. The number of rotatable bonds is 0. The van der Waals surface area contributed by atoms with E-state index < -0.39 is 0 Å². The molecule has 3 rings (SSSR count). The summed E-state index contributed by atoms with van der Waals surface area (Å²) in [5.41, 5.74) is 2.59. The van der Waals surface area contributed by atoms with Gasteiger partial charge in [-0.1, -0.05) is 0 Å². The van der Waals surface area contributed by atoms with E-state index in [1.54, 1.807) is 0 Å². The van der Waals surface area contributed by atoms with Crippen molar-refractivity contribution in [1.82, 2.24) is 0 Å². The van der Waals surface area contributed by atoms with Crippen LogP contribution in [0.3, 0.4) is 0 Å². The van der Waals surface area contributed by atoms with Crippen LogP contribution in [0.15, 0.2) is 12.1 Å². The van der Waals surface area contributed by atoms with E-state index in [9.17, 15) is 0 Å². The molecule has 0 saturated heterocycles. The van der Waals surface area contributed by atoms with Crippen LogP contribution in [0.5, 0.6) is 11.5 Å². The van der Waals surface area contributed by atoms with Gasteiger partial charge in [0.05, 0.1) is 13.2 Å². The fraction of sp³-hybridized carbons (Fsp3) is 0.538. The molecule has 2 aliphatic heterocycles. The molecule has 16 heavy (non-hydrogen) atoms. The van der Waals surface area contributed by atoms with Gasteiger partial charge >= 0.3 is 0 Å². The first-order valence-electron chi connectivity index (χ1n) is 6.10. The molecule has 0 radical (unpaired) electrons. The topological polar surface area (TPSA) is 30.5 Å². The number of hydrogen-bond acceptors (Lipinski definition) is 3. The smallest absolute Gasteiger partial charge is 0.163 e. The molecule has 1 aromatic rings. The summed E-state index contributed by atoms with van der Waals surface area (Å²) in [6.07, 6.45) is 4.59. The second kappa shape index (κ2) is 4.24. The third kappa shape index (κ3) is 1.82. The fourth-order valence-electron chi connectivity index (χ4n) is 2.29. The highest BCUT2D eigenvalue weighted by Crippen LogP contribution is 2.36. The van der Waals surface area contributed by atoms with Crippen LogP contribution < -0.4 is 14.8 Å². The normalized spacial score (nSPS) is 19.0. The second-order valence-corrected chi connectivity index (χ2v) is 4.39. The minimum atomic E-state index is 0.756. The number of nitrogens with one attached hydrogen (secondary N) is 1. The van der Waals surface area contributed by atoms with Gasteiger partial charge < -0.3 is 14.8 Å². The van der Waals surface area contributed by atoms with Gasteiger partial charge in [0.25, 0.3) is 0 Å². The average Bonchev–Trinajstić information content (AvgIpc) is 2.64. The molecule has 0 saturated carbocycles. The zero-order valence-corrected chi connectivity index (χ0v) is 9.42. The van der Waals surface area contributed by atoms with E-state index in [1.165, 1.54) is 24.1 Å². The van der Waals surface area contributed by atoms with Crippen molar-refractivity contribution in [2.45, 2.75) is 25.7 Å². The van der Waals surface area contributed by atoms with Gasteiger partial charge in [0, 0.05) is 24.7 Å². The van der Waals surface area contributed by atoms with Crippen molar-refractivity contribution < 1.29 is 9.47 Å². The minimum Gasteiger partial charge on any atom is -0.490 e. The average molecular weight is 219 g/mol. The monoisotopic (exact) mass is 219 g/mol. The molecular formula is C13H17NO2. The van der Waals surface area contributed by atoms with Gasteiger partial charge in [-0.25, -0.2) is 0 Å². The summed E-state index contributed by atoms with van der Waals surface area (Å²) in [4.78, 5) is 0. The third-order valence-corrected chi connectivity index (χ3v) is 3.16. The van der Waals surface area contributed by atoms with Crippen LogP contribution in [0.25, 0.3) is 0 Å². The molecule has 0 fully saturated rings. The molecule has 1 aromatic carbocycles. The highest BCUT2D eigenvalue weighted by molar-refractivity contribution is 5.61. The Hall–Kier alpha value is -1.38. The zero-order valence-electron chi connectivity index (χ0n) is 9.42. The molecule has 3 heteroatoms. The van der Waals surface area contributed by atoms with Gasteiger partial charge in [0.2, 0.25) is 0 Å². The first-order chi connectivity index (χ1) is 7.93. The van der Waals surface area contributed by atoms with Gasteiger partial charge in [0.1, 0.15) is 0 Å². The summed E-state index contributed by atoms with van der Waals surface area (Å²) < 4.78 is 11.4. The van der Waals surface area contributed by atoms with Crippen LogP contribution in [0.2, 0.25) is 0 Å². The Labute approximate surface area is 95.8 Å². The summed E-state index contributed by atoms with van der Waals surface area (Å²) in [6.45, 7) is 2.58. The SMILES string of the molecule is c1c2c(cc3c1OCCCO3)NCCCC2. The van der Waals surface area contributed by atoms with Gasteiger partial charge in [-0.3, -0.25) is 0 Å². The first kappa shape index (κ1) is 9.82. The Morgan fingerprint density at radius 3 is 2.62 bits per heavy atom. The van der Waals surface area contributed by atoms with Gasteiger partial charge in [0.15, 0.2) is 11.5 Å². The predicted octanol–water partition coefficient (Wildman–Crippen LogP) is 2.60. The molecule has 0 unspecified atom stereocenters. The Kier molecular flexibility index (Phi) is 2.60. The van der Waals surface area contributed by atoms with Crippen molar-refractivity contribution in [3.63, 3.8) is 0 Å². The molecule has 0 atom stereocenters. The maximum Gasteiger partial charge on any atom is 0.163 e. The predicted molar refractivity (Wildman–Crippen MR) is 63.5 cm³/mol.